The van der Waals surface area contributed by atoms with E-state index in [1.807, 2.05) is 51.1 Å². The molecular formula is C22H24ClNO3S. The second kappa shape index (κ2) is 9.01. The van der Waals surface area contributed by atoms with Crippen LogP contribution >= 0.6 is 23.4 Å². The van der Waals surface area contributed by atoms with Crippen LogP contribution in [0.15, 0.2) is 48.5 Å². The third-order valence-electron chi connectivity index (χ3n) is 4.50. The zero-order valence-corrected chi connectivity index (χ0v) is 17.8. The Balaban J connectivity index is 1.93. The fraction of sp³-hybridized carbons (Fsp3) is 0.364. The molecular weight excluding hydrogens is 394 g/mol. The number of ether oxygens (including phenoxy) is 1. The predicted octanol–water partition coefficient (Wildman–Crippen LogP) is 5.10. The van der Waals surface area contributed by atoms with Crippen molar-refractivity contribution in [1.82, 2.24) is 4.90 Å². The number of hydrogen-bond donors (Lipinski definition) is 0. The van der Waals surface area contributed by atoms with E-state index in [1.54, 1.807) is 34.9 Å². The molecule has 3 rings (SSSR count). The summed E-state index contributed by atoms with van der Waals surface area (Å²) in [5.74, 6) is 0.196. The summed E-state index contributed by atoms with van der Waals surface area (Å²) in [6, 6.07) is 14.2. The summed E-state index contributed by atoms with van der Waals surface area (Å²) < 4.78 is 5.46. The molecule has 1 saturated heterocycles. The molecule has 1 aliphatic heterocycles. The van der Waals surface area contributed by atoms with Crippen LogP contribution in [0.4, 0.5) is 0 Å². The molecule has 0 spiro atoms. The zero-order valence-electron chi connectivity index (χ0n) is 16.2. The van der Waals surface area contributed by atoms with Gasteiger partial charge in [0.15, 0.2) is 0 Å². The molecule has 1 amide bonds. The molecule has 2 atom stereocenters. The topological polar surface area (TPSA) is 46.6 Å². The smallest absolute Gasteiger partial charge is 0.329 e. The Labute approximate surface area is 175 Å². The van der Waals surface area contributed by atoms with Crippen LogP contribution in [0.3, 0.4) is 0 Å². The summed E-state index contributed by atoms with van der Waals surface area (Å²) in [5.41, 5.74) is 2.53. The molecule has 148 valence electrons. The molecule has 1 fully saturated rings. The second-order valence-corrected chi connectivity index (χ2v) is 8.91. The zero-order chi connectivity index (χ0) is 20.3. The van der Waals surface area contributed by atoms with Crippen molar-refractivity contribution < 1.29 is 14.3 Å². The van der Waals surface area contributed by atoms with Crippen LogP contribution in [0.1, 0.15) is 40.7 Å². The number of halogens is 1. The summed E-state index contributed by atoms with van der Waals surface area (Å²) in [6.07, 6.45) is 0. The van der Waals surface area contributed by atoms with E-state index in [1.165, 1.54) is 0 Å². The number of benzene rings is 2. The molecule has 1 heterocycles. The lowest BCUT2D eigenvalue weighted by Gasteiger charge is -2.29. The van der Waals surface area contributed by atoms with Gasteiger partial charge in [0.25, 0.3) is 5.91 Å². The quantitative estimate of drug-likeness (QED) is 0.634. The summed E-state index contributed by atoms with van der Waals surface area (Å²) in [6.45, 7) is 6.29. The van der Waals surface area contributed by atoms with Crippen molar-refractivity contribution in [1.29, 1.82) is 0 Å². The van der Waals surface area contributed by atoms with Gasteiger partial charge in [0.05, 0.1) is 6.61 Å². The Morgan fingerprint density at radius 2 is 1.93 bits per heavy atom. The van der Waals surface area contributed by atoms with Gasteiger partial charge in [-0.1, -0.05) is 55.3 Å². The Morgan fingerprint density at radius 3 is 2.57 bits per heavy atom. The summed E-state index contributed by atoms with van der Waals surface area (Å²) in [4.78, 5) is 27.7. The molecule has 28 heavy (non-hydrogen) atoms. The molecule has 0 aromatic heterocycles. The van der Waals surface area contributed by atoms with Gasteiger partial charge in [-0.05, 0) is 42.7 Å². The molecule has 6 heteroatoms. The molecule has 0 radical (unpaired) electrons. The van der Waals surface area contributed by atoms with E-state index in [0.29, 0.717) is 22.9 Å². The lowest BCUT2D eigenvalue weighted by Crippen LogP contribution is -2.44. The summed E-state index contributed by atoms with van der Waals surface area (Å²) in [5, 5.41) is 0.316. The van der Waals surface area contributed by atoms with E-state index >= 15 is 0 Å². The van der Waals surface area contributed by atoms with Crippen LogP contribution in [-0.2, 0) is 9.53 Å². The average molecular weight is 418 g/mol. The van der Waals surface area contributed by atoms with Crippen LogP contribution in [0.25, 0.3) is 0 Å². The third kappa shape index (κ3) is 4.70. The first-order chi connectivity index (χ1) is 13.4. The van der Waals surface area contributed by atoms with Crippen molar-refractivity contribution in [3.8, 4) is 0 Å². The normalized spacial score (nSPS) is 19.1. The van der Waals surface area contributed by atoms with Crippen molar-refractivity contribution in [2.75, 3.05) is 12.4 Å². The molecule has 0 saturated carbocycles. The highest BCUT2D eigenvalue weighted by atomic mass is 35.5. The Bertz CT molecular complexity index is 853. The number of aryl methyl sites for hydroxylation is 1. The standard InChI is InChI=1S/C22H24ClNO3S/c1-14(2)12-27-22(26)19-13-28-21(17-5-4-6-18(23)11-17)24(19)20(25)16-9-7-15(3)8-10-16/h4-11,14,19,21H,12-13H2,1-3H3/t19-,21+/m1/s1. The van der Waals surface area contributed by atoms with Gasteiger partial charge >= 0.3 is 5.97 Å². The van der Waals surface area contributed by atoms with Gasteiger partial charge < -0.3 is 9.64 Å². The second-order valence-electron chi connectivity index (χ2n) is 7.36. The van der Waals surface area contributed by atoms with Crippen molar-refractivity contribution in [3.63, 3.8) is 0 Å². The predicted molar refractivity (Wildman–Crippen MR) is 114 cm³/mol. The SMILES string of the molecule is Cc1ccc(C(=O)N2[C@@H](C(=O)OCC(C)C)CS[C@H]2c2cccc(Cl)c2)cc1. The molecule has 1 aliphatic rings. The number of esters is 1. The van der Waals surface area contributed by atoms with E-state index in [0.717, 1.165) is 11.1 Å². The number of thioether (sulfide) groups is 1. The van der Waals surface area contributed by atoms with Crippen LogP contribution in [0.2, 0.25) is 5.02 Å². The van der Waals surface area contributed by atoms with E-state index < -0.39 is 6.04 Å². The Hall–Kier alpha value is -1.98. The van der Waals surface area contributed by atoms with E-state index in [4.69, 9.17) is 16.3 Å². The average Bonchev–Trinajstić information content (AvgIpc) is 3.11. The molecule has 2 aromatic rings. The van der Waals surface area contributed by atoms with Gasteiger partial charge in [-0.2, -0.15) is 0 Å². The first-order valence-electron chi connectivity index (χ1n) is 9.30. The first kappa shape index (κ1) is 20.7. The van der Waals surface area contributed by atoms with Gasteiger partial charge in [-0.15, -0.1) is 11.8 Å². The van der Waals surface area contributed by atoms with Gasteiger partial charge in [-0.3, -0.25) is 4.79 Å². The van der Waals surface area contributed by atoms with E-state index in [2.05, 4.69) is 0 Å². The maximum absolute atomic E-state index is 13.4. The largest absolute Gasteiger partial charge is 0.464 e. The molecule has 0 aliphatic carbocycles. The minimum absolute atomic E-state index is 0.179. The highest BCUT2D eigenvalue weighted by Gasteiger charge is 2.43. The fourth-order valence-electron chi connectivity index (χ4n) is 3.04. The van der Waals surface area contributed by atoms with Crippen molar-refractivity contribution in [2.24, 2.45) is 5.92 Å². The van der Waals surface area contributed by atoms with Crippen LogP contribution < -0.4 is 0 Å². The Morgan fingerprint density at radius 1 is 1.21 bits per heavy atom. The number of carbonyl (C=O) groups excluding carboxylic acids is 2. The monoisotopic (exact) mass is 417 g/mol. The van der Waals surface area contributed by atoms with E-state index in [-0.39, 0.29) is 23.2 Å². The van der Waals surface area contributed by atoms with E-state index in [9.17, 15) is 9.59 Å². The number of rotatable bonds is 5. The highest BCUT2D eigenvalue weighted by Crippen LogP contribution is 2.43. The molecule has 4 nitrogen and oxygen atoms in total. The maximum atomic E-state index is 13.4. The van der Waals surface area contributed by atoms with Crippen LogP contribution in [-0.4, -0.2) is 35.2 Å². The minimum Gasteiger partial charge on any atom is -0.464 e. The van der Waals surface area contributed by atoms with Crippen LogP contribution in [0, 0.1) is 12.8 Å². The molecule has 2 aromatic carbocycles. The summed E-state index contributed by atoms with van der Waals surface area (Å²) in [7, 11) is 0. The minimum atomic E-state index is -0.624. The Kier molecular flexibility index (Phi) is 6.68. The van der Waals surface area contributed by atoms with Gasteiger partial charge in [-0.25, -0.2) is 4.79 Å². The van der Waals surface area contributed by atoms with Crippen molar-refractivity contribution in [3.05, 3.63) is 70.2 Å². The number of carbonyl (C=O) groups is 2. The lowest BCUT2D eigenvalue weighted by molar-refractivity contribution is -0.149. The molecule has 0 unspecified atom stereocenters. The van der Waals surface area contributed by atoms with Crippen molar-refractivity contribution >= 4 is 35.2 Å². The molecule has 0 bridgehead atoms. The van der Waals surface area contributed by atoms with Crippen LogP contribution in [0.5, 0.6) is 0 Å². The van der Waals surface area contributed by atoms with Gasteiger partial charge in [0, 0.05) is 16.3 Å². The number of amides is 1. The lowest BCUT2D eigenvalue weighted by atomic mass is 10.1. The number of nitrogens with zero attached hydrogens (tertiary/aromatic N) is 1. The fourth-order valence-corrected chi connectivity index (χ4v) is 4.65. The summed E-state index contributed by atoms with van der Waals surface area (Å²) >= 11 is 7.72. The van der Waals surface area contributed by atoms with Gasteiger partial charge in [0.2, 0.25) is 0 Å². The molecule has 0 N–H and O–H groups in total. The number of hydrogen-bond acceptors (Lipinski definition) is 4. The first-order valence-corrected chi connectivity index (χ1v) is 10.7. The maximum Gasteiger partial charge on any atom is 0.329 e. The van der Waals surface area contributed by atoms with Gasteiger partial charge in [0.1, 0.15) is 11.4 Å². The highest BCUT2D eigenvalue weighted by molar-refractivity contribution is 7.99. The van der Waals surface area contributed by atoms with Crippen molar-refractivity contribution in [2.45, 2.75) is 32.2 Å². The third-order valence-corrected chi connectivity index (χ3v) is 6.06.